The summed E-state index contributed by atoms with van der Waals surface area (Å²) in [6.07, 6.45) is 3.17. The second-order valence-electron chi connectivity index (χ2n) is 8.40. The number of likely N-dealkylation sites (tertiary alicyclic amines) is 1. The summed E-state index contributed by atoms with van der Waals surface area (Å²) in [5.74, 6) is 1.56. The van der Waals surface area contributed by atoms with Gasteiger partial charge in [0, 0.05) is 35.5 Å². The molecule has 6 rings (SSSR count). The van der Waals surface area contributed by atoms with E-state index in [4.69, 9.17) is 4.74 Å². The molecule has 0 aromatic heterocycles. The number of hydrogen-bond donors (Lipinski definition) is 1. The van der Waals surface area contributed by atoms with Crippen molar-refractivity contribution in [2.24, 2.45) is 23.2 Å². The average Bonchev–Trinajstić information content (AvgIpc) is 3.08. The van der Waals surface area contributed by atoms with Crippen molar-refractivity contribution in [3.63, 3.8) is 0 Å². The van der Waals surface area contributed by atoms with Crippen LogP contribution in [0.2, 0.25) is 0 Å². The minimum atomic E-state index is -0.554. The van der Waals surface area contributed by atoms with Gasteiger partial charge in [0.05, 0.1) is 12.7 Å². The summed E-state index contributed by atoms with van der Waals surface area (Å²) in [5, 5.41) is 3.18. The number of nitrogens with one attached hydrogen (secondary N) is 1. The van der Waals surface area contributed by atoms with E-state index >= 15 is 0 Å². The van der Waals surface area contributed by atoms with Crippen LogP contribution in [0, 0.1) is 23.2 Å². The summed E-state index contributed by atoms with van der Waals surface area (Å²) in [4.78, 5) is 15.9. The van der Waals surface area contributed by atoms with Crippen LogP contribution < -0.4 is 5.32 Å². The van der Waals surface area contributed by atoms with Crippen LogP contribution in [0.1, 0.15) is 12.0 Å². The summed E-state index contributed by atoms with van der Waals surface area (Å²) in [6, 6.07) is 8.64. The number of anilines is 1. The van der Waals surface area contributed by atoms with Gasteiger partial charge in [-0.2, -0.15) is 0 Å². The third-order valence-electron chi connectivity index (χ3n) is 7.93. The van der Waals surface area contributed by atoms with Crippen molar-refractivity contribution < 1.29 is 9.53 Å². The molecular weight excluding hydrogens is 300 g/mol. The maximum Gasteiger partial charge on any atom is 0.238 e. The summed E-state index contributed by atoms with van der Waals surface area (Å²) in [7, 11) is 2.21. The van der Waals surface area contributed by atoms with Crippen LogP contribution in [-0.4, -0.2) is 43.2 Å². The van der Waals surface area contributed by atoms with Crippen LogP contribution in [0.3, 0.4) is 0 Å². The van der Waals surface area contributed by atoms with E-state index in [0.717, 1.165) is 30.8 Å². The minimum Gasteiger partial charge on any atom is -0.376 e. The molecule has 3 aliphatic heterocycles. The van der Waals surface area contributed by atoms with Crippen molar-refractivity contribution >= 4 is 11.6 Å². The maximum atomic E-state index is 13.4. The Kier molecular flexibility index (Phi) is 2.24. The second-order valence-corrected chi connectivity index (χ2v) is 8.40. The fraction of sp³-hybridized carbons (Fsp3) is 0.550. The molecule has 1 spiro atoms. The largest absolute Gasteiger partial charge is 0.376 e. The molecule has 5 bridgehead atoms. The number of hydrogen-bond acceptors (Lipinski definition) is 3. The lowest BCUT2D eigenvalue weighted by Crippen LogP contribution is -2.62. The first-order valence-electron chi connectivity index (χ1n) is 9.01. The summed E-state index contributed by atoms with van der Waals surface area (Å²) in [6.45, 7) is 6.06. The van der Waals surface area contributed by atoms with Crippen molar-refractivity contribution in [2.45, 2.75) is 24.0 Å². The second kappa shape index (κ2) is 3.94. The molecule has 124 valence electrons. The van der Waals surface area contributed by atoms with Gasteiger partial charge in [-0.15, -0.1) is 6.58 Å². The molecule has 7 atom stereocenters. The Morgan fingerprint density at radius 1 is 1.42 bits per heavy atom. The van der Waals surface area contributed by atoms with Gasteiger partial charge in [-0.05, 0) is 31.0 Å². The zero-order chi connectivity index (χ0) is 16.3. The van der Waals surface area contributed by atoms with E-state index in [1.807, 2.05) is 12.1 Å². The summed E-state index contributed by atoms with van der Waals surface area (Å²) < 4.78 is 6.34. The first kappa shape index (κ1) is 13.6. The van der Waals surface area contributed by atoms with E-state index in [-0.39, 0.29) is 23.3 Å². The highest BCUT2D eigenvalue weighted by atomic mass is 16.5. The predicted molar refractivity (Wildman–Crippen MR) is 90.6 cm³/mol. The SMILES string of the molecule is C=CC12CN(C)C3C4CO[C@H](C[C@@H]41)C1(C(=O)Nc4ccccc41)C32. The highest BCUT2D eigenvalue weighted by Crippen LogP contribution is 2.73. The van der Waals surface area contributed by atoms with Crippen LogP contribution in [-0.2, 0) is 14.9 Å². The summed E-state index contributed by atoms with van der Waals surface area (Å²) >= 11 is 0. The number of fused-ring (bicyclic) bond motifs is 5. The highest BCUT2D eigenvalue weighted by Gasteiger charge is 2.79. The van der Waals surface area contributed by atoms with Crippen molar-refractivity contribution in [2.75, 3.05) is 25.5 Å². The lowest BCUT2D eigenvalue weighted by Gasteiger charge is -2.54. The van der Waals surface area contributed by atoms with Crippen LogP contribution in [0.25, 0.3) is 0 Å². The van der Waals surface area contributed by atoms with E-state index in [2.05, 4.69) is 42.1 Å². The topological polar surface area (TPSA) is 41.6 Å². The van der Waals surface area contributed by atoms with Gasteiger partial charge in [0.25, 0.3) is 0 Å². The summed E-state index contributed by atoms with van der Waals surface area (Å²) in [5.41, 5.74) is 1.61. The molecule has 4 fully saturated rings. The third kappa shape index (κ3) is 1.12. The zero-order valence-corrected chi connectivity index (χ0v) is 13.9. The molecule has 2 aliphatic carbocycles. The van der Waals surface area contributed by atoms with E-state index < -0.39 is 5.41 Å². The van der Waals surface area contributed by atoms with Gasteiger partial charge in [0.15, 0.2) is 0 Å². The molecule has 0 radical (unpaired) electrons. The fourth-order valence-electron chi connectivity index (χ4n) is 7.38. The van der Waals surface area contributed by atoms with Gasteiger partial charge in [-0.25, -0.2) is 0 Å². The molecule has 2 saturated carbocycles. The molecular formula is C20H22N2O2. The van der Waals surface area contributed by atoms with Gasteiger partial charge in [0.1, 0.15) is 5.41 Å². The molecule has 24 heavy (non-hydrogen) atoms. The van der Waals surface area contributed by atoms with Gasteiger partial charge < -0.3 is 15.0 Å². The molecule has 3 heterocycles. The Morgan fingerprint density at radius 3 is 3.08 bits per heavy atom. The van der Waals surface area contributed by atoms with Crippen LogP contribution in [0.5, 0.6) is 0 Å². The molecule has 4 nitrogen and oxygen atoms in total. The Hall–Kier alpha value is -1.65. The Balaban J connectivity index is 1.69. The number of ether oxygens (including phenoxy) is 1. The van der Waals surface area contributed by atoms with Gasteiger partial charge in [-0.1, -0.05) is 24.3 Å². The maximum absolute atomic E-state index is 13.4. The number of piperidine rings is 1. The molecule has 2 saturated heterocycles. The zero-order valence-electron chi connectivity index (χ0n) is 13.9. The molecule has 1 N–H and O–H groups in total. The number of nitrogens with zero attached hydrogens (tertiary/aromatic N) is 1. The van der Waals surface area contributed by atoms with Crippen LogP contribution in [0.4, 0.5) is 5.69 Å². The molecule has 5 aliphatic rings. The van der Waals surface area contributed by atoms with Crippen LogP contribution in [0.15, 0.2) is 36.9 Å². The first-order chi connectivity index (χ1) is 11.6. The molecule has 4 heteroatoms. The quantitative estimate of drug-likeness (QED) is 0.805. The molecule has 1 aromatic carbocycles. The number of carbonyl (C=O) groups is 1. The predicted octanol–water partition coefficient (Wildman–Crippen LogP) is 2.03. The number of para-hydroxylation sites is 1. The standard InChI is InChI=1S/C20H22N2O2/c1-3-19-10-22(2)16-11-9-24-15(8-13(11)19)20(17(16)19)12-6-4-5-7-14(12)21-18(20)23/h3-7,11,13,15-17H,1,8-10H2,2H3,(H,21,23)/t11?,13-,15+,16?,17?,19?,20?/m0/s1. The smallest absolute Gasteiger partial charge is 0.238 e. The van der Waals surface area contributed by atoms with E-state index in [0.29, 0.717) is 17.9 Å². The van der Waals surface area contributed by atoms with Gasteiger partial charge in [0.2, 0.25) is 5.91 Å². The number of amides is 1. The van der Waals surface area contributed by atoms with Crippen LogP contribution >= 0.6 is 0 Å². The first-order valence-corrected chi connectivity index (χ1v) is 9.01. The number of benzene rings is 1. The third-order valence-corrected chi connectivity index (χ3v) is 7.93. The monoisotopic (exact) mass is 322 g/mol. The number of carbonyl (C=O) groups excluding carboxylic acids is 1. The fourth-order valence-corrected chi connectivity index (χ4v) is 7.38. The molecule has 1 amide bonds. The minimum absolute atomic E-state index is 0.00280. The Labute approximate surface area is 141 Å². The van der Waals surface area contributed by atoms with E-state index in [1.54, 1.807) is 0 Å². The Morgan fingerprint density at radius 2 is 2.25 bits per heavy atom. The van der Waals surface area contributed by atoms with Crippen molar-refractivity contribution in [1.29, 1.82) is 0 Å². The van der Waals surface area contributed by atoms with Crippen molar-refractivity contribution in [3.8, 4) is 0 Å². The Bertz CT molecular complexity index is 792. The molecule has 5 unspecified atom stereocenters. The highest BCUT2D eigenvalue weighted by molar-refractivity contribution is 6.07. The van der Waals surface area contributed by atoms with E-state index in [1.165, 1.54) is 0 Å². The number of rotatable bonds is 1. The average molecular weight is 322 g/mol. The lowest BCUT2D eigenvalue weighted by atomic mass is 9.51. The van der Waals surface area contributed by atoms with Crippen molar-refractivity contribution in [1.82, 2.24) is 4.90 Å². The molecule has 1 aromatic rings. The van der Waals surface area contributed by atoms with Crippen molar-refractivity contribution in [3.05, 3.63) is 42.5 Å². The normalized spacial score (nSPS) is 50.4. The van der Waals surface area contributed by atoms with Gasteiger partial charge in [-0.3, -0.25) is 4.79 Å². The lowest BCUT2D eigenvalue weighted by molar-refractivity contribution is -0.153. The van der Waals surface area contributed by atoms with Gasteiger partial charge >= 0.3 is 0 Å². The van der Waals surface area contributed by atoms with E-state index in [9.17, 15) is 4.79 Å².